The molecule has 0 amide bonds. The van der Waals surface area contributed by atoms with Crippen molar-refractivity contribution < 1.29 is 9.60 Å². The molecule has 3 rings (SSSR count). The molecule has 0 N–H and O–H groups in total. The lowest BCUT2D eigenvalue weighted by Crippen LogP contribution is -1.85. The number of fused-ring (bicyclic) bond motifs is 3. The van der Waals surface area contributed by atoms with Crippen molar-refractivity contribution in [3.63, 3.8) is 0 Å². The molecule has 3 aromatic rings. The van der Waals surface area contributed by atoms with Crippen LogP contribution in [0, 0.1) is 6.92 Å². The van der Waals surface area contributed by atoms with Crippen LogP contribution in [0.25, 0.3) is 21.8 Å². The van der Waals surface area contributed by atoms with Crippen molar-refractivity contribution in [3.05, 3.63) is 47.9 Å². The zero-order valence-corrected chi connectivity index (χ0v) is 8.45. The van der Waals surface area contributed by atoms with Gasteiger partial charge >= 0.3 is 0 Å². The first-order chi connectivity index (χ1) is 10.2. The van der Waals surface area contributed by atoms with Crippen LogP contribution in [-0.4, -0.2) is 4.57 Å². The van der Waals surface area contributed by atoms with E-state index in [0.29, 0.717) is 16.5 Å². The van der Waals surface area contributed by atoms with Crippen molar-refractivity contribution in [1.29, 1.82) is 0 Å². The Hall–Kier alpha value is -1.76. The Bertz CT molecular complexity index is 894. The topological polar surface area (TPSA) is 4.93 Å². The Balaban J connectivity index is 2.81. The van der Waals surface area contributed by atoms with E-state index in [9.17, 15) is 0 Å². The molecule has 1 heterocycles. The first-order valence-corrected chi connectivity index (χ1v) is 4.64. The summed E-state index contributed by atoms with van der Waals surface area (Å²) in [7, 11) is 1.59. The highest BCUT2D eigenvalue weighted by Crippen LogP contribution is 2.28. The maximum absolute atomic E-state index is 8.24. The summed E-state index contributed by atoms with van der Waals surface area (Å²) in [6.45, 7) is 1.58. The zero-order chi connectivity index (χ0) is 16.5. The summed E-state index contributed by atoms with van der Waals surface area (Å²) in [5.41, 5.74) is 0.882. The summed E-state index contributed by atoms with van der Waals surface area (Å²) >= 11 is 0. The smallest absolute Gasteiger partial charge is 0.0645 e. The van der Waals surface area contributed by atoms with E-state index in [-0.39, 0.29) is 53.2 Å². The standard InChI is InChI=1S/C14H13N/c1-10-7-8-14-12(9-10)11-5-3-4-6-13(11)15(14)2/h3-9H,1-2H3/i3D,4D,5D,6D,7D,8D,9D. The SMILES string of the molecule is [2H]c1c([2H])c([2H])c2c(c1[2H])c1c([2H])c(C)c([2H])c([2H])c1n2C. The molecule has 0 fully saturated rings. The monoisotopic (exact) mass is 202 g/mol. The molecule has 0 saturated carbocycles. The van der Waals surface area contributed by atoms with Crippen LogP contribution in [0.3, 0.4) is 0 Å². The number of aromatic nitrogens is 1. The van der Waals surface area contributed by atoms with Crippen LogP contribution < -0.4 is 0 Å². The second-order valence-electron chi connectivity index (χ2n) is 3.51. The lowest BCUT2D eigenvalue weighted by Gasteiger charge is -1.97. The van der Waals surface area contributed by atoms with Gasteiger partial charge < -0.3 is 4.57 Å². The van der Waals surface area contributed by atoms with Gasteiger partial charge in [-0.25, -0.2) is 0 Å². The van der Waals surface area contributed by atoms with E-state index in [4.69, 9.17) is 9.60 Å². The van der Waals surface area contributed by atoms with Gasteiger partial charge in [0.1, 0.15) is 0 Å². The predicted molar refractivity (Wildman–Crippen MR) is 65.2 cm³/mol. The number of aryl methyl sites for hydroxylation is 1. The summed E-state index contributed by atoms with van der Waals surface area (Å²) in [6.07, 6.45) is 0. The first kappa shape index (κ1) is 4.01. The molecule has 0 atom stereocenters. The highest BCUT2D eigenvalue weighted by Gasteiger charge is 2.06. The summed E-state index contributed by atoms with van der Waals surface area (Å²) in [5, 5.41) is 0.549. The molecule has 1 aromatic heterocycles. The normalized spacial score (nSPS) is 17.9. The van der Waals surface area contributed by atoms with Crippen LogP contribution in [0.5, 0.6) is 0 Å². The Morgan fingerprint density at radius 2 is 1.73 bits per heavy atom. The molecule has 1 heteroatoms. The Morgan fingerprint density at radius 3 is 2.60 bits per heavy atom. The zero-order valence-electron chi connectivity index (χ0n) is 15.4. The van der Waals surface area contributed by atoms with E-state index in [0.717, 1.165) is 0 Å². The molecule has 15 heavy (non-hydrogen) atoms. The number of nitrogens with zero attached hydrogens (tertiary/aromatic N) is 1. The first-order valence-electron chi connectivity index (χ1n) is 8.14. The molecule has 0 aliphatic rings. The number of hydrogen-bond acceptors (Lipinski definition) is 0. The van der Waals surface area contributed by atoms with Crippen molar-refractivity contribution in [2.45, 2.75) is 6.92 Å². The lowest BCUT2D eigenvalue weighted by atomic mass is 10.1. The number of benzene rings is 2. The van der Waals surface area contributed by atoms with Gasteiger partial charge in [0.15, 0.2) is 0 Å². The van der Waals surface area contributed by atoms with Gasteiger partial charge in [-0.05, 0) is 25.1 Å². The number of rotatable bonds is 0. The van der Waals surface area contributed by atoms with Crippen LogP contribution in [-0.2, 0) is 7.05 Å². The van der Waals surface area contributed by atoms with Gasteiger partial charge in [0.05, 0.1) is 9.60 Å². The molecular weight excluding hydrogens is 182 g/mol. The number of hydrogen-bond donors (Lipinski definition) is 0. The molecule has 0 radical (unpaired) electrons. The Labute approximate surface area is 98.8 Å². The maximum atomic E-state index is 8.24. The molecule has 0 aliphatic heterocycles. The average Bonchev–Trinajstić information content (AvgIpc) is 2.80. The van der Waals surface area contributed by atoms with E-state index in [2.05, 4.69) is 0 Å². The molecule has 0 aliphatic carbocycles. The van der Waals surface area contributed by atoms with Crippen LogP contribution in [0.1, 0.15) is 15.2 Å². The molecule has 1 nitrogen and oxygen atoms in total. The third-order valence-corrected chi connectivity index (χ3v) is 2.51. The van der Waals surface area contributed by atoms with E-state index in [1.54, 1.807) is 14.0 Å². The second-order valence-corrected chi connectivity index (χ2v) is 3.51. The van der Waals surface area contributed by atoms with Crippen molar-refractivity contribution in [2.24, 2.45) is 7.05 Å². The highest BCUT2D eigenvalue weighted by atomic mass is 14.9. The summed E-state index contributed by atoms with van der Waals surface area (Å²) in [4.78, 5) is 0. The van der Waals surface area contributed by atoms with Gasteiger partial charge in [-0.3, -0.25) is 0 Å². The summed E-state index contributed by atoms with van der Waals surface area (Å²) in [6, 6.07) is -1.21. The minimum Gasteiger partial charge on any atom is -0.344 e. The lowest BCUT2D eigenvalue weighted by molar-refractivity contribution is 1.01. The Kier molecular flexibility index (Phi) is 0.765. The highest BCUT2D eigenvalue weighted by molar-refractivity contribution is 6.08. The average molecular weight is 202 g/mol. The summed E-state index contributed by atoms with van der Waals surface area (Å²) in [5.74, 6) is 0. The third-order valence-electron chi connectivity index (χ3n) is 2.51. The summed E-state index contributed by atoms with van der Waals surface area (Å²) < 4.78 is 57.6. The maximum Gasteiger partial charge on any atom is 0.0645 e. The van der Waals surface area contributed by atoms with Crippen LogP contribution >= 0.6 is 0 Å². The predicted octanol–water partition coefficient (Wildman–Crippen LogP) is 3.64. The van der Waals surface area contributed by atoms with Gasteiger partial charge in [0, 0.05) is 28.9 Å². The van der Waals surface area contributed by atoms with Gasteiger partial charge in [0.2, 0.25) is 0 Å². The molecule has 2 aromatic carbocycles. The third kappa shape index (κ3) is 1.09. The molecule has 0 unspecified atom stereocenters. The molecule has 74 valence electrons. The molecular formula is C14H13N. The van der Waals surface area contributed by atoms with Crippen LogP contribution in [0.15, 0.2) is 42.3 Å². The van der Waals surface area contributed by atoms with Gasteiger partial charge in [0.25, 0.3) is 0 Å². The molecule has 0 spiro atoms. The Morgan fingerprint density at radius 1 is 1.00 bits per heavy atom. The van der Waals surface area contributed by atoms with Crippen molar-refractivity contribution in [1.82, 2.24) is 4.57 Å². The van der Waals surface area contributed by atoms with Crippen molar-refractivity contribution in [2.75, 3.05) is 0 Å². The number of para-hydroxylation sites is 1. The van der Waals surface area contributed by atoms with Gasteiger partial charge in [-0.1, -0.05) is 29.7 Å². The minimum absolute atomic E-state index is 0.0339. The fraction of sp³-hybridized carbons (Fsp3) is 0.143. The van der Waals surface area contributed by atoms with E-state index in [1.807, 2.05) is 0 Å². The molecule has 0 bridgehead atoms. The largest absolute Gasteiger partial charge is 0.344 e. The van der Waals surface area contributed by atoms with Crippen molar-refractivity contribution in [3.8, 4) is 0 Å². The minimum atomic E-state index is -0.358. The molecule has 0 saturated heterocycles. The van der Waals surface area contributed by atoms with Crippen molar-refractivity contribution >= 4 is 21.8 Å². The van der Waals surface area contributed by atoms with E-state index < -0.39 is 0 Å². The van der Waals surface area contributed by atoms with E-state index >= 15 is 0 Å². The quantitative estimate of drug-likeness (QED) is 0.524. The van der Waals surface area contributed by atoms with Gasteiger partial charge in [-0.2, -0.15) is 0 Å². The van der Waals surface area contributed by atoms with E-state index in [1.165, 1.54) is 4.57 Å². The fourth-order valence-corrected chi connectivity index (χ4v) is 1.78. The van der Waals surface area contributed by atoms with Crippen LogP contribution in [0.4, 0.5) is 0 Å². The van der Waals surface area contributed by atoms with Gasteiger partial charge in [-0.15, -0.1) is 0 Å². The van der Waals surface area contributed by atoms with Crippen LogP contribution in [0.2, 0.25) is 0 Å². The second kappa shape index (κ2) is 2.86. The fourth-order valence-electron chi connectivity index (χ4n) is 1.78.